The molecule has 2 heterocycles. The van der Waals surface area contributed by atoms with Crippen LogP contribution in [0, 0.1) is 11.6 Å². The molecular weight excluding hydrogens is 504 g/mol. The number of rotatable bonds is 7. The molecule has 7 nitrogen and oxygen atoms in total. The minimum atomic E-state index is -3.01. The first kappa shape index (κ1) is 27.8. The minimum absolute atomic E-state index is 0.0132. The Bertz CT molecular complexity index is 1170. The highest BCUT2D eigenvalue weighted by Gasteiger charge is 2.28. The highest BCUT2D eigenvalue weighted by Crippen LogP contribution is 2.29. The number of nitrogens with zero attached hydrogens (tertiary/aromatic N) is 2. The molecule has 2 aromatic carbocycles. The lowest BCUT2D eigenvalue weighted by molar-refractivity contribution is 0.0300. The van der Waals surface area contributed by atoms with Crippen LogP contribution in [0.3, 0.4) is 0 Å². The number of ether oxygens (including phenoxy) is 1. The summed E-state index contributed by atoms with van der Waals surface area (Å²) in [6.45, 7) is 4.38. The maximum absolute atomic E-state index is 15.2. The highest BCUT2D eigenvalue weighted by molar-refractivity contribution is 6.04. The van der Waals surface area contributed by atoms with Crippen molar-refractivity contribution in [2.75, 3.05) is 51.8 Å². The first-order valence-electron chi connectivity index (χ1n) is 12.7. The molecule has 1 atom stereocenters. The second-order valence-electron chi connectivity index (χ2n) is 9.75. The van der Waals surface area contributed by atoms with Crippen LogP contribution in [0.1, 0.15) is 64.1 Å². The number of benzene rings is 2. The van der Waals surface area contributed by atoms with E-state index in [9.17, 15) is 22.8 Å². The number of nitrogens with one attached hydrogen (secondary N) is 2. The lowest BCUT2D eigenvalue weighted by atomic mass is 10.0. The molecule has 0 radical (unpaired) electrons. The first-order valence-corrected chi connectivity index (χ1v) is 12.7. The third-order valence-corrected chi connectivity index (χ3v) is 7.07. The average molecular weight is 537 g/mol. The van der Waals surface area contributed by atoms with Crippen LogP contribution in [-0.4, -0.2) is 74.1 Å². The molecule has 38 heavy (non-hydrogen) atoms. The van der Waals surface area contributed by atoms with Crippen molar-refractivity contribution in [3.8, 4) is 0 Å². The molecule has 4 rings (SSSR count). The quantitative estimate of drug-likeness (QED) is 0.515. The maximum atomic E-state index is 15.2. The smallest absolute Gasteiger partial charge is 0.266 e. The Morgan fingerprint density at radius 3 is 2.32 bits per heavy atom. The molecule has 11 heteroatoms. The van der Waals surface area contributed by atoms with Crippen LogP contribution in [0.4, 0.5) is 23.2 Å². The van der Waals surface area contributed by atoms with Gasteiger partial charge in [0.1, 0.15) is 11.6 Å². The Morgan fingerprint density at radius 2 is 1.66 bits per heavy atom. The number of hydrogen-bond acceptors (Lipinski definition) is 5. The van der Waals surface area contributed by atoms with Gasteiger partial charge in [-0.1, -0.05) is 18.2 Å². The standard InChI is InChI=1S/C27H32F4N4O3/c1-16(18-4-3-5-19(24(18)29)25(30)31)32-26(36)21-14-20(27(37)35-10-12-38-13-11-35)22(28)15-23(21)33-17-6-8-34(2)9-7-17/h3-5,14-17,25,33H,6-13H2,1-2H3,(H,32,36)/t16-/m1/s1. The van der Waals surface area contributed by atoms with Crippen LogP contribution in [-0.2, 0) is 4.74 Å². The Hall–Kier alpha value is -3.18. The van der Waals surface area contributed by atoms with E-state index in [1.54, 1.807) is 0 Å². The Labute approximate surface area is 219 Å². The number of likely N-dealkylation sites (tertiary alicyclic amines) is 1. The van der Waals surface area contributed by atoms with Crippen molar-refractivity contribution in [2.24, 2.45) is 0 Å². The van der Waals surface area contributed by atoms with E-state index in [0.29, 0.717) is 26.3 Å². The molecular formula is C27H32F4N4O3. The van der Waals surface area contributed by atoms with Gasteiger partial charge in [0, 0.05) is 24.7 Å². The van der Waals surface area contributed by atoms with E-state index in [1.165, 1.54) is 30.0 Å². The number of amides is 2. The van der Waals surface area contributed by atoms with Gasteiger partial charge in [0.25, 0.3) is 18.2 Å². The zero-order chi connectivity index (χ0) is 27.4. The number of hydrogen-bond donors (Lipinski definition) is 2. The number of carbonyl (C=O) groups excluding carboxylic acids is 2. The molecule has 2 aliphatic heterocycles. The Balaban J connectivity index is 1.64. The van der Waals surface area contributed by atoms with Gasteiger partial charge in [0.2, 0.25) is 0 Å². The van der Waals surface area contributed by atoms with Crippen molar-refractivity contribution >= 4 is 17.5 Å². The molecule has 2 amide bonds. The Morgan fingerprint density at radius 1 is 1.00 bits per heavy atom. The molecule has 0 spiro atoms. The number of morpholine rings is 1. The van der Waals surface area contributed by atoms with E-state index in [4.69, 9.17) is 4.74 Å². The topological polar surface area (TPSA) is 73.9 Å². The van der Waals surface area contributed by atoms with Gasteiger partial charge in [0.15, 0.2) is 0 Å². The Kier molecular flexibility index (Phi) is 8.88. The second kappa shape index (κ2) is 12.1. The lowest BCUT2D eigenvalue weighted by Gasteiger charge is -2.31. The van der Waals surface area contributed by atoms with Gasteiger partial charge in [0.05, 0.1) is 41.6 Å². The number of piperidine rings is 1. The normalized spacial score (nSPS) is 17.9. The molecule has 0 unspecified atom stereocenters. The van der Waals surface area contributed by atoms with Crippen LogP contribution >= 0.6 is 0 Å². The van der Waals surface area contributed by atoms with Gasteiger partial charge in [-0.15, -0.1) is 0 Å². The van der Waals surface area contributed by atoms with Crippen molar-refractivity contribution in [1.82, 2.24) is 15.1 Å². The fourth-order valence-electron chi connectivity index (χ4n) is 4.78. The molecule has 2 saturated heterocycles. The third kappa shape index (κ3) is 6.27. The highest BCUT2D eigenvalue weighted by atomic mass is 19.3. The van der Waals surface area contributed by atoms with Crippen molar-refractivity contribution in [3.05, 3.63) is 64.2 Å². The summed E-state index contributed by atoms with van der Waals surface area (Å²) in [4.78, 5) is 30.1. The monoisotopic (exact) mass is 536 g/mol. The van der Waals surface area contributed by atoms with Crippen LogP contribution in [0.15, 0.2) is 30.3 Å². The largest absolute Gasteiger partial charge is 0.381 e. The fraction of sp³-hybridized carbons (Fsp3) is 0.481. The van der Waals surface area contributed by atoms with Crippen LogP contribution in [0.5, 0.6) is 0 Å². The molecule has 2 fully saturated rings. The molecule has 2 aromatic rings. The molecule has 0 aromatic heterocycles. The predicted molar refractivity (Wildman–Crippen MR) is 135 cm³/mol. The van der Waals surface area contributed by atoms with Gasteiger partial charge in [-0.2, -0.15) is 0 Å². The molecule has 2 aliphatic rings. The van der Waals surface area contributed by atoms with E-state index in [1.807, 2.05) is 7.05 Å². The van der Waals surface area contributed by atoms with Crippen LogP contribution < -0.4 is 10.6 Å². The molecule has 0 aliphatic carbocycles. The maximum Gasteiger partial charge on any atom is 0.266 e. The summed E-state index contributed by atoms with van der Waals surface area (Å²) >= 11 is 0. The third-order valence-electron chi connectivity index (χ3n) is 7.07. The number of carbonyl (C=O) groups is 2. The van der Waals surface area contributed by atoms with Crippen LogP contribution in [0.2, 0.25) is 0 Å². The first-order chi connectivity index (χ1) is 18.2. The van der Waals surface area contributed by atoms with E-state index >= 15 is 4.39 Å². The SMILES string of the molecule is C[C@@H](NC(=O)c1cc(C(=O)N2CCOCC2)c(F)cc1NC1CCN(C)CC1)c1cccc(C(F)F)c1F. The van der Waals surface area contributed by atoms with Gasteiger partial charge in [-0.05, 0) is 52.0 Å². The molecule has 206 valence electrons. The summed E-state index contributed by atoms with van der Waals surface area (Å²) in [5.41, 5.74) is -0.896. The van der Waals surface area contributed by atoms with Gasteiger partial charge in [-0.25, -0.2) is 17.6 Å². The zero-order valence-electron chi connectivity index (χ0n) is 21.4. The fourth-order valence-corrected chi connectivity index (χ4v) is 4.78. The zero-order valence-corrected chi connectivity index (χ0v) is 21.4. The van der Waals surface area contributed by atoms with Crippen LogP contribution in [0.25, 0.3) is 0 Å². The molecule has 0 saturated carbocycles. The van der Waals surface area contributed by atoms with E-state index in [2.05, 4.69) is 15.5 Å². The van der Waals surface area contributed by atoms with Crippen molar-refractivity contribution in [3.63, 3.8) is 0 Å². The summed E-state index contributed by atoms with van der Waals surface area (Å²) in [7, 11) is 2.00. The van der Waals surface area contributed by atoms with Crippen molar-refractivity contribution in [1.29, 1.82) is 0 Å². The predicted octanol–water partition coefficient (Wildman–Crippen LogP) is 4.37. The van der Waals surface area contributed by atoms with Gasteiger partial charge >= 0.3 is 0 Å². The summed E-state index contributed by atoms with van der Waals surface area (Å²) in [5, 5.41) is 5.87. The lowest BCUT2D eigenvalue weighted by Crippen LogP contribution is -2.41. The van der Waals surface area contributed by atoms with E-state index < -0.39 is 41.5 Å². The average Bonchev–Trinajstić information content (AvgIpc) is 2.90. The van der Waals surface area contributed by atoms with E-state index in [-0.39, 0.29) is 28.4 Å². The summed E-state index contributed by atoms with van der Waals surface area (Å²) in [6.07, 6.45) is -1.46. The minimum Gasteiger partial charge on any atom is -0.381 e. The van der Waals surface area contributed by atoms with Gasteiger partial charge in [-0.3, -0.25) is 9.59 Å². The second-order valence-corrected chi connectivity index (χ2v) is 9.75. The summed E-state index contributed by atoms with van der Waals surface area (Å²) < 4.78 is 61.6. The van der Waals surface area contributed by atoms with Gasteiger partial charge < -0.3 is 25.2 Å². The summed E-state index contributed by atoms with van der Waals surface area (Å²) in [5.74, 6) is -3.11. The molecule has 2 N–H and O–H groups in total. The van der Waals surface area contributed by atoms with E-state index in [0.717, 1.165) is 38.1 Å². The number of alkyl halides is 2. The summed E-state index contributed by atoms with van der Waals surface area (Å²) in [6, 6.07) is 4.97. The number of halogens is 4. The van der Waals surface area contributed by atoms with Crippen molar-refractivity contribution < 1.29 is 31.9 Å². The molecule has 0 bridgehead atoms. The number of anilines is 1. The van der Waals surface area contributed by atoms with Crippen molar-refractivity contribution in [2.45, 2.75) is 38.3 Å².